The molecule has 6 nitrogen and oxygen atoms in total. The van der Waals surface area contributed by atoms with E-state index in [4.69, 9.17) is 14.2 Å². The second kappa shape index (κ2) is 48.2. The Balaban J connectivity index is 4.58. The van der Waals surface area contributed by atoms with Crippen LogP contribution in [0.4, 0.5) is 0 Å². The summed E-state index contributed by atoms with van der Waals surface area (Å²) in [7, 11) is 0. The maximum absolute atomic E-state index is 12.7. The van der Waals surface area contributed by atoms with E-state index in [1.54, 1.807) is 0 Å². The highest BCUT2D eigenvalue weighted by molar-refractivity contribution is 5.71. The number of hydrogen-bond donors (Lipinski definition) is 0. The van der Waals surface area contributed by atoms with E-state index in [9.17, 15) is 14.4 Å². The van der Waals surface area contributed by atoms with Crippen LogP contribution in [0, 0.1) is 0 Å². The van der Waals surface area contributed by atoms with Crippen LogP contribution in [0.1, 0.15) is 175 Å². The first kappa shape index (κ1) is 56.5. The van der Waals surface area contributed by atoms with Gasteiger partial charge in [0.25, 0.3) is 0 Å². The van der Waals surface area contributed by atoms with Crippen LogP contribution in [-0.2, 0) is 28.6 Å². The molecule has 0 aromatic carbocycles. The molecule has 0 aromatic heterocycles. The van der Waals surface area contributed by atoms with Gasteiger partial charge in [0, 0.05) is 19.3 Å². The SMILES string of the molecule is CC\C=C/C=C\C=C/C=C\C=C\C=C/CCCCCC(=O)OCC(COC(=O)CCCCCCCCCCC)OC(=O)CCC/C=C\C/C=C\C/C=C\C/C=C\C/C=C\CC. The van der Waals surface area contributed by atoms with Crippen LogP contribution in [0.25, 0.3) is 0 Å². The normalized spacial score (nSPS) is 13.3. The summed E-state index contributed by atoms with van der Waals surface area (Å²) in [5, 5.41) is 0. The van der Waals surface area contributed by atoms with E-state index < -0.39 is 6.10 Å². The molecule has 0 aromatic rings. The zero-order valence-electron chi connectivity index (χ0n) is 38.6. The lowest BCUT2D eigenvalue weighted by Gasteiger charge is -2.18. The quantitative estimate of drug-likeness (QED) is 0.0201. The smallest absolute Gasteiger partial charge is 0.306 e. The summed E-state index contributed by atoms with van der Waals surface area (Å²) >= 11 is 0. The monoisotopic (exact) mass is 841 g/mol. The van der Waals surface area contributed by atoms with Crippen molar-refractivity contribution in [2.45, 2.75) is 181 Å². The Morgan fingerprint density at radius 1 is 0.361 bits per heavy atom. The summed E-state index contributed by atoms with van der Waals surface area (Å²) in [6, 6.07) is 0. The molecule has 0 aliphatic rings. The lowest BCUT2D eigenvalue weighted by Crippen LogP contribution is -2.30. The van der Waals surface area contributed by atoms with Crippen molar-refractivity contribution in [3.8, 4) is 0 Å². The minimum atomic E-state index is -0.828. The van der Waals surface area contributed by atoms with Crippen LogP contribution in [0.5, 0.6) is 0 Å². The van der Waals surface area contributed by atoms with E-state index in [-0.39, 0.29) is 44.0 Å². The Hall–Kier alpha value is -4.45. The lowest BCUT2D eigenvalue weighted by atomic mass is 10.1. The number of esters is 3. The summed E-state index contributed by atoms with van der Waals surface area (Å²) in [5.74, 6) is -1.04. The molecule has 0 bridgehead atoms. The fourth-order valence-corrected chi connectivity index (χ4v) is 5.80. The van der Waals surface area contributed by atoms with Crippen molar-refractivity contribution in [2.75, 3.05) is 13.2 Å². The van der Waals surface area contributed by atoms with Crippen LogP contribution in [-0.4, -0.2) is 37.2 Å². The van der Waals surface area contributed by atoms with E-state index >= 15 is 0 Å². The molecule has 0 radical (unpaired) electrons. The van der Waals surface area contributed by atoms with Gasteiger partial charge in [-0.1, -0.05) is 212 Å². The van der Waals surface area contributed by atoms with Gasteiger partial charge >= 0.3 is 17.9 Å². The van der Waals surface area contributed by atoms with Crippen molar-refractivity contribution in [3.05, 3.63) is 134 Å². The predicted molar refractivity (Wildman–Crippen MR) is 260 cm³/mol. The van der Waals surface area contributed by atoms with Crippen molar-refractivity contribution >= 4 is 17.9 Å². The third-order valence-corrected chi connectivity index (χ3v) is 9.31. The molecule has 0 N–H and O–H groups in total. The molecule has 0 aliphatic heterocycles. The van der Waals surface area contributed by atoms with Crippen molar-refractivity contribution in [2.24, 2.45) is 0 Å². The van der Waals surface area contributed by atoms with Crippen molar-refractivity contribution in [1.82, 2.24) is 0 Å². The molecular formula is C55H84O6. The predicted octanol–water partition coefficient (Wildman–Crippen LogP) is 15.5. The molecule has 61 heavy (non-hydrogen) atoms. The van der Waals surface area contributed by atoms with Crippen LogP contribution in [0.3, 0.4) is 0 Å². The van der Waals surface area contributed by atoms with Gasteiger partial charge in [-0.25, -0.2) is 0 Å². The first-order valence-electron chi connectivity index (χ1n) is 23.8. The van der Waals surface area contributed by atoms with Gasteiger partial charge in [-0.15, -0.1) is 0 Å². The van der Waals surface area contributed by atoms with E-state index in [0.717, 1.165) is 83.5 Å². The van der Waals surface area contributed by atoms with Crippen LogP contribution in [0.2, 0.25) is 0 Å². The highest BCUT2D eigenvalue weighted by atomic mass is 16.6. The third kappa shape index (κ3) is 46.5. The van der Waals surface area contributed by atoms with E-state index in [2.05, 4.69) is 93.7 Å². The molecule has 0 aliphatic carbocycles. The highest BCUT2D eigenvalue weighted by Crippen LogP contribution is 2.12. The molecule has 0 spiro atoms. The maximum atomic E-state index is 12.7. The molecule has 1 unspecified atom stereocenters. The van der Waals surface area contributed by atoms with Crippen molar-refractivity contribution in [1.29, 1.82) is 0 Å². The van der Waals surface area contributed by atoms with Gasteiger partial charge < -0.3 is 14.2 Å². The number of ether oxygens (including phenoxy) is 3. The number of unbranched alkanes of at least 4 members (excludes halogenated alkanes) is 12. The van der Waals surface area contributed by atoms with E-state index in [1.807, 2.05) is 60.8 Å². The number of hydrogen-bond acceptors (Lipinski definition) is 6. The van der Waals surface area contributed by atoms with Gasteiger partial charge in [0.15, 0.2) is 6.10 Å². The van der Waals surface area contributed by atoms with Gasteiger partial charge in [-0.3, -0.25) is 14.4 Å². The van der Waals surface area contributed by atoms with Gasteiger partial charge in [0.05, 0.1) is 0 Å². The second-order valence-corrected chi connectivity index (χ2v) is 15.1. The second-order valence-electron chi connectivity index (χ2n) is 15.1. The van der Waals surface area contributed by atoms with Crippen LogP contribution >= 0.6 is 0 Å². The Morgan fingerprint density at radius 3 is 1.23 bits per heavy atom. The highest BCUT2D eigenvalue weighted by Gasteiger charge is 2.19. The summed E-state index contributed by atoms with van der Waals surface area (Å²) in [6.07, 6.45) is 67.2. The van der Waals surface area contributed by atoms with Gasteiger partial charge in [0.2, 0.25) is 0 Å². The molecule has 0 saturated heterocycles. The fourth-order valence-electron chi connectivity index (χ4n) is 5.80. The Labute approximate surface area is 373 Å². The molecular weight excluding hydrogens is 757 g/mol. The summed E-state index contributed by atoms with van der Waals surface area (Å²) < 4.78 is 16.6. The topological polar surface area (TPSA) is 78.9 Å². The molecule has 0 rings (SSSR count). The largest absolute Gasteiger partial charge is 0.462 e. The fraction of sp³-hybridized carbons (Fsp3) is 0.545. The lowest BCUT2D eigenvalue weighted by molar-refractivity contribution is -0.167. The molecule has 0 saturated carbocycles. The Kier molecular flexibility index (Phi) is 44.7. The molecule has 0 heterocycles. The minimum absolute atomic E-state index is 0.119. The number of carbonyl (C=O) groups is 3. The first-order valence-corrected chi connectivity index (χ1v) is 23.8. The molecule has 0 amide bonds. The number of rotatable bonds is 40. The average Bonchev–Trinajstić information content (AvgIpc) is 3.26. The number of carbonyl (C=O) groups excluding carboxylic acids is 3. The average molecular weight is 841 g/mol. The van der Waals surface area contributed by atoms with E-state index in [1.165, 1.54) is 38.5 Å². The third-order valence-electron chi connectivity index (χ3n) is 9.31. The van der Waals surface area contributed by atoms with Gasteiger partial charge in [0.1, 0.15) is 13.2 Å². The molecule has 6 heteroatoms. The Bertz CT molecular complexity index is 1380. The molecule has 1 atom stereocenters. The van der Waals surface area contributed by atoms with Gasteiger partial charge in [-0.2, -0.15) is 0 Å². The number of allylic oxidation sites excluding steroid dienone is 22. The Morgan fingerprint density at radius 2 is 0.738 bits per heavy atom. The molecule has 340 valence electrons. The summed E-state index contributed by atoms with van der Waals surface area (Å²) in [6.45, 7) is 6.24. The van der Waals surface area contributed by atoms with Crippen LogP contribution < -0.4 is 0 Å². The van der Waals surface area contributed by atoms with Gasteiger partial charge in [-0.05, 0) is 77.0 Å². The molecule has 0 fully saturated rings. The minimum Gasteiger partial charge on any atom is -0.462 e. The van der Waals surface area contributed by atoms with Crippen LogP contribution in [0.15, 0.2) is 134 Å². The van der Waals surface area contributed by atoms with E-state index in [0.29, 0.717) is 19.3 Å². The zero-order chi connectivity index (χ0) is 44.4. The first-order chi connectivity index (χ1) is 30.0. The van der Waals surface area contributed by atoms with Crippen molar-refractivity contribution < 1.29 is 28.6 Å². The maximum Gasteiger partial charge on any atom is 0.306 e. The van der Waals surface area contributed by atoms with Crippen molar-refractivity contribution in [3.63, 3.8) is 0 Å². The zero-order valence-corrected chi connectivity index (χ0v) is 38.6. The summed E-state index contributed by atoms with van der Waals surface area (Å²) in [5.41, 5.74) is 0. The summed E-state index contributed by atoms with van der Waals surface area (Å²) in [4.78, 5) is 37.8. The standard InChI is InChI=1S/C55H84O6/c1-4-7-10-13-16-19-21-23-25-27-29-31-33-36-39-42-45-48-54(57)60-51-52(50-59-53(56)47-44-41-38-35-18-15-12-9-6-3)61-55(58)49-46-43-40-37-34-32-30-28-26-24-22-20-17-14-11-8-5-2/h7-8,10-11,13,16-17,19-21,23-27,29-33,37,40,52H,4-6,9,12,14-15,18,22,28,34-36,38-39,41-51H2,1-3H3/b10-7-,11-8-,16-13-,20-17-,21-19-,25-23-,26-24-,29-27+,32-30-,33-31-,40-37-.